The molecule has 1 aliphatic heterocycles. The zero-order valence-electron chi connectivity index (χ0n) is 29.4. The van der Waals surface area contributed by atoms with Crippen LogP contribution in [0.2, 0.25) is 0 Å². The fourth-order valence-electron chi connectivity index (χ4n) is 6.40. The van der Waals surface area contributed by atoms with Crippen LogP contribution in [0.25, 0.3) is 0 Å². The molecule has 0 bridgehead atoms. The van der Waals surface area contributed by atoms with Crippen molar-refractivity contribution in [3.05, 3.63) is 133 Å². The number of carbonyl (C=O) groups excluding carboxylic acids is 4. The van der Waals surface area contributed by atoms with Gasteiger partial charge < -0.3 is 14.8 Å². The summed E-state index contributed by atoms with van der Waals surface area (Å²) in [5, 5.41) is 8.04. The predicted molar refractivity (Wildman–Crippen MR) is 196 cm³/mol. The Kier molecular flexibility index (Phi) is 10.8. The minimum Gasteiger partial charge on any atom is -0.410 e. The van der Waals surface area contributed by atoms with E-state index >= 15 is 0 Å². The molecular weight excluding hydrogens is 758 g/mol. The summed E-state index contributed by atoms with van der Waals surface area (Å²) in [4.78, 5) is 62.7. The van der Waals surface area contributed by atoms with Crippen LogP contribution in [0.5, 0.6) is 11.5 Å². The molecule has 1 saturated heterocycles. The van der Waals surface area contributed by atoms with Gasteiger partial charge in [-0.05, 0) is 71.8 Å². The van der Waals surface area contributed by atoms with E-state index in [1.165, 1.54) is 36.9 Å². The zero-order valence-corrected chi connectivity index (χ0v) is 30.2. The van der Waals surface area contributed by atoms with Crippen LogP contribution in [0.3, 0.4) is 0 Å². The van der Waals surface area contributed by atoms with Crippen LogP contribution in [0.4, 0.5) is 44.6 Å². The Balaban J connectivity index is 1.41. The summed E-state index contributed by atoms with van der Waals surface area (Å²) in [7, 11) is -5.74. The topological polar surface area (TPSA) is 186 Å². The molecule has 3 N–H and O–H groups in total. The first-order chi connectivity index (χ1) is 26.6. The normalized spacial score (nSPS) is 16.7. The Morgan fingerprint density at radius 2 is 1.18 bits per heavy atom. The number of halogens is 3. The number of pyridine rings is 2. The molecule has 288 valence electrons. The van der Waals surface area contributed by atoms with E-state index in [1.54, 1.807) is 74.5 Å². The van der Waals surface area contributed by atoms with Gasteiger partial charge in [-0.15, -0.1) is 0 Å². The summed E-state index contributed by atoms with van der Waals surface area (Å²) in [5.41, 5.74) is -7.01. The molecule has 6 rings (SSSR count). The highest BCUT2D eigenvalue weighted by atomic mass is 32.2. The predicted octanol–water partition coefficient (Wildman–Crippen LogP) is 7.39. The van der Waals surface area contributed by atoms with E-state index in [-0.39, 0.29) is 28.6 Å². The van der Waals surface area contributed by atoms with E-state index in [0.717, 1.165) is 12.1 Å². The molecule has 56 heavy (non-hydrogen) atoms. The number of hydrogen-bond acceptors (Lipinski definition) is 10. The van der Waals surface area contributed by atoms with Gasteiger partial charge in [0.2, 0.25) is 0 Å². The van der Waals surface area contributed by atoms with Crippen molar-refractivity contribution in [2.75, 3.05) is 15.5 Å². The van der Waals surface area contributed by atoms with Crippen molar-refractivity contribution in [1.82, 2.24) is 15.3 Å². The van der Waals surface area contributed by atoms with Gasteiger partial charge in [0.15, 0.2) is 0 Å². The third-order valence-electron chi connectivity index (χ3n) is 9.17. The number of benzene rings is 3. The van der Waals surface area contributed by atoms with Crippen LogP contribution in [-0.2, 0) is 14.6 Å². The highest BCUT2D eigenvalue weighted by molar-refractivity contribution is 7.92. The van der Waals surface area contributed by atoms with Gasteiger partial charge in [0.25, 0.3) is 15.7 Å². The Morgan fingerprint density at radius 3 is 1.61 bits per heavy atom. The molecule has 2 aromatic heterocycles. The van der Waals surface area contributed by atoms with Gasteiger partial charge in [0.05, 0.1) is 34.4 Å². The molecule has 2 unspecified atom stereocenters. The molecule has 0 saturated carbocycles. The first-order valence-corrected chi connectivity index (χ1v) is 18.2. The maximum atomic E-state index is 14.9. The standard InChI is InChI=1S/C38H31F3N6O8S/c1-23(29-17-19-42-21-31(29)44-35(50)54-26-9-5-3-6-10-26)37(24(2)30-18-20-43-22-32(30)45-36(51)55-27-11-7-4-8-12-27)33(48)47(34(49)46-37)25-13-15-28(16-14-25)56(52,53)38(39,40)41/h3-24H,1-2H3,(H,44,50)(H,45,51)(H,46,49). The van der Waals surface area contributed by atoms with Crippen molar-refractivity contribution in [2.24, 2.45) is 0 Å². The van der Waals surface area contributed by atoms with Gasteiger partial charge in [-0.1, -0.05) is 50.2 Å². The number of anilines is 3. The maximum Gasteiger partial charge on any atom is 0.501 e. The second-order valence-corrected chi connectivity index (χ2v) is 14.3. The second kappa shape index (κ2) is 15.5. The van der Waals surface area contributed by atoms with Crippen molar-refractivity contribution in [2.45, 2.75) is 41.6 Å². The molecule has 0 radical (unpaired) electrons. The van der Waals surface area contributed by atoms with E-state index in [9.17, 15) is 40.8 Å². The Hall–Kier alpha value is -6.82. The molecule has 0 spiro atoms. The lowest BCUT2D eigenvalue weighted by Gasteiger charge is -2.39. The van der Waals surface area contributed by atoms with Crippen LogP contribution >= 0.6 is 0 Å². The monoisotopic (exact) mass is 788 g/mol. The number of nitrogens with zero attached hydrogens (tertiary/aromatic N) is 3. The second-order valence-electron chi connectivity index (χ2n) is 12.4. The minimum atomic E-state index is -5.74. The van der Waals surface area contributed by atoms with Gasteiger partial charge in [-0.2, -0.15) is 13.2 Å². The average Bonchev–Trinajstić information content (AvgIpc) is 3.44. The highest BCUT2D eigenvalue weighted by Crippen LogP contribution is 2.47. The van der Waals surface area contributed by atoms with Gasteiger partial charge >= 0.3 is 23.7 Å². The smallest absolute Gasteiger partial charge is 0.410 e. The molecule has 1 fully saturated rings. The zero-order chi connectivity index (χ0) is 40.3. The number of imide groups is 1. The van der Waals surface area contributed by atoms with Gasteiger partial charge in [-0.3, -0.25) is 25.4 Å². The molecular formula is C38H31F3N6O8S. The minimum absolute atomic E-state index is 0.106. The number of rotatable bonds is 10. The first kappa shape index (κ1) is 38.9. The van der Waals surface area contributed by atoms with E-state index in [1.807, 2.05) is 0 Å². The fraction of sp³-hybridized carbons (Fsp3) is 0.158. The summed E-state index contributed by atoms with van der Waals surface area (Å²) in [6.45, 7) is 3.19. The van der Waals surface area contributed by atoms with Crippen molar-refractivity contribution < 1.29 is 50.2 Å². The van der Waals surface area contributed by atoms with Gasteiger partial charge in [0.1, 0.15) is 17.0 Å². The quantitative estimate of drug-likeness (QED) is 0.121. The number of amides is 5. The van der Waals surface area contributed by atoms with Crippen molar-refractivity contribution in [1.29, 1.82) is 0 Å². The number of ether oxygens (including phenoxy) is 2. The average molecular weight is 789 g/mol. The molecule has 5 aromatic rings. The van der Waals surface area contributed by atoms with Crippen molar-refractivity contribution in [3.63, 3.8) is 0 Å². The van der Waals surface area contributed by atoms with Crippen LogP contribution in [0.15, 0.2) is 127 Å². The largest absolute Gasteiger partial charge is 0.501 e. The van der Waals surface area contributed by atoms with Crippen LogP contribution in [0.1, 0.15) is 36.8 Å². The lowest BCUT2D eigenvalue weighted by atomic mass is 9.69. The van der Waals surface area contributed by atoms with Gasteiger partial charge in [-0.25, -0.2) is 27.7 Å². The van der Waals surface area contributed by atoms with Crippen molar-refractivity contribution >= 4 is 51.0 Å². The molecule has 14 nitrogen and oxygen atoms in total. The number of nitrogens with one attached hydrogen (secondary N) is 3. The fourth-order valence-corrected chi connectivity index (χ4v) is 7.16. The number of carbonyl (C=O) groups is 4. The van der Waals surface area contributed by atoms with Crippen LogP contribution < -0.4 is 30.3 Å². The lowest BCUT2D eigenvalue weighted by Crippen LogP contribution is -2.55. The molecule has 0 aliphatic carbocycles. The molecule has 3 heterocycles. The highest BCUT2D eigenvalue weighted by Gasteiger charge is 2.59. The van der Waals surface area contributed by atoms with E-state index < -0.39 is 61.7 Å². The lowest BCUT2D eigenvalue weighted by molar-refractivity contribution is -0.123. The third-order valence-corrected chi connectivity index (χ3v) is 10.7. The number of hydrogen-bond donors (Lipinski definition) is 3. The Bertz CT molecular complexity index is 2280. The van der Waals surface area contributed by atoms with Crippen molar-refractivity contribution in [3.8, 4) is 11.5 Å². The molecule has 3 aromatic carbocycles. The summed E-state index contributed by atoms with van der Waals surface area (Å²) < 4.78 is 74.8. The number of alkyl halides is 3. The number of aromatic nitrogens is 2. The Morgan fingerprint density at radius 1 is 0.732 bits per heavy atom. The molecule has 1 aliphatic rings. The molecule has 5 amide bonds. The molecule has 2 atom stereocenters. The van der Waals surface area contributed by atoms with Crippen LogP contribution in [0, 0.1) is 0 Å². The van der Waals surface area contributed by atoms with Gasteiger partial charge in [0, 0.05) is 24.2 Å². The summed E-state index contributed by atoms with van der Waals surface area (Å²) in [6.07, 6.45) is 3.64. The maximum absolute atomic E-state index is 14.9. The first-order valence-electron chi connectivity index (χ1n) is 16.7. The SMILES string of the molecule is CC(c1ccncc1NC(=O)Oc1ccccc1)C1(C(C)c2ccncc2NC(=O)Oc2ccccc2)NC(=O)N(c2ccc(S(=O)(=O)C(F)(F)F)cc2)C1=O. The Labute approximate surface area is 317 Å². The summed E-state index contributed by atoms with van der Waals surface area (Å²) in [6, 6.07) is 21.5. The van der Waals surface area contributed by atoms with E-state index in [0.29, 0.717) is 28.2 Å². The summed E-state index contributed by atoms with van der Waals surface area (Å²) in [5.74, 6) is -2.52. The van der Waals surface area contributed by atoms with E-state index in [2.05, 4.69) is 25.9 Å². The molecule has 18 heteroatoms. The summed E-state index contributed by atoms with van der Waals surface area (Å²) >= 11 is 0. The number of para-hydroxylation sites is 2. The number of sulfone groups is 1. The van der Waals surface area contributed by atoms with E-state index in [4.69, 9.17) is 9.47 Å². The third kappa shape index (κ3) is 7.58. The number of urea groups is 1. The van der Waals surface area contributed by atoms with Crippen LogP contribution in [-0.4, -0.2) is 53.6 Å².